The fraction of sp³-hybridized carbons (Fsp3) is 0.222. The zero-order chi connectivity index (χ0) is 11.4. The van der Waals surface area contributed by atoms with Crippen LogP contribution in [0.25, 0.3) is 0 Å². The van der Waals surface area contributed by atoms with Crippen LogP contribution in [0.4, 0.5) is 5.69 Å². The van der Waals surface area contributed by atoms with E-state index in [1.165, 1.54) is 18.2 Å². The molecule has 0 heterocycles. The number of nitro groups is 1. The molecule has 1 aromatic rings. The molecule has 0 aromatic heterocycles. The molecule has 1 amide bonds. The second-order valence-corrected chi connectivity index (χ2v) is 3.19. The van der Waals surface area contributed by atoms with Crippen LogP contribution < -0.4 is 5.32 Å². The molecule has 80 valence electrons. The van der Waals surface area contributed by atoms with Crippen LogP contribution in [0.15, 0.2) is 18.2 Å². The van der Waals surface area contributed by atoms with Crippen LogP contribution in [-0.4, -0.2) is 17.4 Å². The lowest BCUT2D eigenvalue weighted by Gasteiger charge is -2.02. The van der Waals surface area contributed by atoms with Gasteiger partial charge in [-0.25, -0.2) is 0 Å². The lowest BCUT2D eigenvalue weighted by Crippen LogP contribution is -2.22. The van der Waals surface area contributed by atoms with E-state index in [1.54, 1.807) is 6.92 Å². The number of halogens is 1. The number of nitrogens with zero attached hydrogens (tertiary/aromatic N) is 1. The fourth-order valence-corrected chi connectivity index (χ4v) is 1.31. The van der Waals surface area contributed by atoms with Gasteiger partial charge in [-0.15, -0.1) is 0 Å². The Labute approximate surface area is 91.2 Å². The molecule has 0 radical (unpaired) electrons. The summed E-state index contributed by atoms with van der Waals surface area (Å²) in [6, 6.07) is 3.87. The lowest BCUT2D eigenvalue weighted by molar-refractivity contribution is -0.384. The molecule has 1 aromatic carbocycles. The Balaban J connectivity index is 3.01. The minimum absolute atomic E-state index is 0.0382. The van der Waals surface area contributed by atoms with E-state index < -0.39 is 4.92 Å². The maximum atomic E-state index is 11.3. The Morgan fingerprint density at radius 1 is 1.60 bits per heavy atom. The van der Waals surface area contributed by atoms with Gasteiger partial charge in [0.25, 0.3) is 11.6 Å². The number of rotatable bonds is 3. The van der Waals surface area contributed by atoms with Crippen LogP contribution >= 0.6 is 11.6 Å². The predicted molar refractivity (Wildman–Crippen MR) is 56.1 cm³/mol. The van der Waals surface area contributed by atoms with E-state index in [4.69, 9.17) is 11.6 Å². The van der Waals surface area contributed by atoms with Gasteiger partial charge in [0.05, 0.1) is 4.92 Å². The highest BCUT2D eigenvalue weighted by Gasteiger charge is 2.14. The highest BCUT2D eigenvalue weighted by atomic mass is 35.5. The quantitative estimate of drug-likeness (QED) is 0.635. The van der Waals surface area contributed by atoms with Crippen LogP contribution in [0.5, 0.6) is 0 Å². The van der Waals surface area contributed by atoms with Crippen LogP contribution in [0.3, 0.4) is 0 Å². The maximum Gasteiger partial charge on any atom is 0.287 e. The van der Waals surface area contributed by atoms with Crippen molar-refractivity contribution in [3.63, 3.8) is 0 Å². The normalized spacial score (nSPS) is 9.73. The van der Waals surface area contributed by atoms with Gasteiger partial charge in [-0.2, -0.15) is 0 Å². The van der Waals surface area contributed by atoms with Crippen molar-refractivity contribution >= 4 is 23.2 Å². The third-order valence-corrected chi connectivity index (χ3v) is 2.05. The standard InChI is InChI=1S/C9H9ClN2O3/c1-2-11-9(13)6-3-4-8(12(14)15)7(10)5-6/h3-5H,2H2,1H3,(H,11,13). The average Bonchev–Trinajstić information content (AvgIpc) is 2.17. The van der Waals surface area contributed by atoms with Gasteiger partial charge >= 0.3 is 0 Å². The number of nitro benzene ring substituents is 1. The summed E-state index contributed by atoms with van der Waals surface area (Å²) in [5, 5.41) is 13.0. The van der Waals surface area contributed by atoms with Gasteiger partial charge in [-0.1, -0.05) is 11.6 Å². The van der Waals surface area contributed by atoms with Gasteiger partial charge in [0, 0.05) is 18.2 Å². The van der Waals surface area contributed by atoms with Gasteiger partial charge in [-0.05, 0) is 19.1 Å². The van der Waals surface area contributed by atoms with Crippen LogP contribution in [0.1, 0.15) is 17.3 Å². The molecule has 0 aliphatic heterocycles. The molecule has 0 aliphatic carbocycles. The van der Waals surface area contributed by atoms with Crippen molar-refractivity contribution in [2.75, 3.05) is 6.54 Å². The number of benzene rings is 1. The molecule has 0 atom stereocenters. The van der Waals surface area contributed by atoms with Crippen molar-refractivity contribution in [1.82, 2.24) is 5.32 Å². The van der Waals surface area contributed by atoms with Crippen LogP contribution in [0.2, 0.25) is 5.02 Å². The third-order valence-electron chi connectivity index (χ3n) is 1.74. The number of carbonyl (C=O) groups is 1. The zero-order valence-electron chi connectivity index (χ0n) is 7.99. The van der Waals surface area contributed by atoms with Crippen molar-refractivity contribution < 1.29 is 9.72 Å². The van der Waals surface area contributed by atoms with Crippen molar-refractivity contribution in [3.8, 4) is 0 Å². The van der Waals surface area contributed by atoms with E-state index in [0.29, 0.717) is 12.1 Å². The lowest BCUT2D eigenvalue weighted by atomic mass is 10.2. The first kappa shape index (κ1) is 11.5. The van der Waals surface area contributed by atoms with Crippen molar-refractivity contribution in [1.29, 1.82) is 0 Å². The summed E-state index contributed by atoms with van der Waals surface area (Å²) >= 11 is 5.65. The molecule has 5 nitrogen and oxygen atoms in total. The van der Waals surface area contributed by atoms with Crippen LogP contribution in [-0.2, 0) is 0 Å². The summed E-state index contributed by atoms with van der Waals surface area (Å²) in [6.07, 6.45) is 0. The molecular weight excluding hydrogens is 220 g/mol. The van der Waals surface area contributed by atoms with Crippen molar-refractivity contribution in [3.05, 3.63) is 38.9 Å². The molecule has 0 spiro atoms. The maximum absolute atomic E-state index is 11.3. The monoisotopic (exact) mass is 228 g/mol. The Hall–Kier alpha value is -1.62. The smallest absolute Gasteiger partial charge is 0.287 e. The van der Waals surface area contributed by atoms with Crippen molar-refractivity contribution in [2.24, 2.45) is 0 Å². The number of amides is 1. The molecule has 0 unspecified atom stereocenters. The minimum Gasteiger partial charge on any atom is -0.352 e. The van der Waals surface area contributed by atoms with Gasteiger partial charge in [0.2, 0.25) is 0 Å². The molecule has 0 saturated heterocycles. The molecule has 15 heavy (non-hydrogen) atoms. The summed E-state index contributed by atoms with van der Waals surface area (Å²) in [5.74, 6) is -0.297. The molecule has 1 N–H and O–H groups in total. The Morgan fingerprint density at radius 3 is 2.73 bits per heavy atom. The summed E-state index contributed by atoms with van der Waals surface area (Å²) in [5.41, 5.74) is 0.108. The summed E-state index contributed by atoms with van der Waals surface area (Å²) < 4.78 is 0. The number of carbonyl (C=O) groups excluding carboxylic acids is 1. The predicted octanol–water partition coefficient (Wildman–Crippen LogP) is 2.00. The third kappa shape index (κ3) is 2.66. The summed E-state index contributed by atoms with van der Waals surface area (Å²) in [6.45, 7) is 2.28. The SMILES string of the molecule is CCNC(=O)c1ccc([N+](=O)[O-])c(Cl)c1. The van der Waals surface area contributed by atoms with E-state index in [9.17, 15) is 14.9 Å². The zero-order valence-corrected chi connectivity index (χ0v) is 8.75. The first-order valence-electron chi connectivity index (χ1n) is 4.28. The minimum atomic E-state index is -0.593. The fourth-order valence-electron chi connectivity index (χ4n) is 1.06. The van der Waals surface area contributed by atoms with Crippen molar-refractivity contribution in [2.45, 2.75) is 6.92 Å². The number of nitrogens with one attached hydrogen (secondary N) is 1. The molecule has 1 rings (SSSR count). The molecule has 0 fully saturated rings. The van der Waals surface area contributed by atoms with E-state index in [0.717, 1.165) is 0 Å². The summed E-state index contributed by atoms with van der Waals surface area (Å²) in [4.78, 5) is 21.2. The first-order chi connectivity index (χ1) is 7.06. The second kappa shape index (κ2) is 4.75. The highest BCUT2D eigenvalue weighted by molar-refractivity contribution is 6.33. The molecular formula is C9H9ClN2O3. The average molecular weight is 229 g/mol. The number of hydrogen-bond acceptors (Lipinski definition) is 3. The highest BCUT2D eigenvalue weighted by Crippen LogP contribution is 2.24. The Bertz CT molecular complexity index is 406. The Morgan fingerprint density at radius 2 is 2.27 bits per heavy atom. The van der Waals surface area contributed by atoms with E-state index >= 15 is 0 Å². The molecule has 0 saturated carbocycles. The molecule has 6 heteroatoms. The first-order valence-corrected chi connectivity index (χ1v) is 4.66. The largest absolute Gasteiger partial charge is 0.352 e. The number of hydrogen-bond donors (Lipinski definition) is 1. The van der Waals surface area contributed by atoms with E-state index in [1.807, 2.05) is 0 Å². The second-order valence-electron chi connectivity index (χ2n) is 2.78. The van der Waals surface area contributed by atoms with Gasteiger partial charge in [-0.3, -0.25) is 14.9 Å². The molecule has 0 aliphatic rings. The van der Waals surface area contributed by atoms with Crippen LogP contribution in [0, 0.1) is 10.1 Å². The van der Waals surface area contributed by atoms with Gasteiger partial charge < -0.3 is 5.32 Å². The Kier molecular flexibility index (Phi) is 3.62. The van der Waals surface area contributed by atoms with Gasteiger partial charge in [0.1, 0.15) is 5.02 Å². The van der Waals surface area contributed by atoms with E-state index in [2.05, 4.69) is 5.32 Å². The topological polar surface area (TPSA) is 72.2 Å². The summed E-state index contributed by atoms with van der Waals surface area (Å²) in [7, 11) is 0. The van der Waals surface area contributed by atoms with Gasteiger partial charge in [0.15, 0.2) is 0 Å². The van der Waals surface area contributed by atoms with E-state index in [-0.39, 0.29) is 16.6 Å². The molecule has 0 bridgehead atoms.